The Balaban J connectivity index is 3.11. The number of carboxylic acids is 1. The van der Waals surface area contributed by atoms with Gasteiger partial charge in [-0.15, -0.1) is 0 Å². The van der Waals surface area contributed by atoms with E-state index in [0.29, 0.717) is 16.8 Å². The monoisotopic (exact) mass is 224 g/mol. The molecule has 0 aliphatic rings. The van der Waals surface area contributed by atoms with E-state index in [4.69, 9.17) is 16.6 Å². The van der Waals surface area contributed by atoms with Gasteiger partial charge in [0.2, 0.25) is 0 Å². The maximum Gasteiger partial charge on any atom is 0.320 e. The molecule has 88 valence electrons. The smallest absolute Gasteiger partial charge is 0.320 e. The van der Waals surface area contributed by atoms with E-state index in [1.54, 1.807) is 19.9 Å². The van der Waals surface area contributed by atoms with Gasteiger partial charge in [-0.3, -0.25) is 4.79 Å². The summed E-state index contributed by atoms with van der Waals surface area (Å²) in [7, 11) is 0. The summed E-state index contributed by atoms with van der Waals surface area (Å²) in [5.74, 6) is -1.06. The minimum absolute atomic E-state index is 0.0276. The van der Waals surface area contributed by atoms with Crippen LogP contribution in [0.3, 0.4) is 0 Å². The first kappa shape index (κ1) is 12.3. The fraction of sp³-hybridized carbons (Fsp3) is 0.364. The molecule has 0 aliphatic carbocycles. The number of aromatic hydroxyl groups is 1. The average molecular weight is 224 g/mol. The van der Waals surface area contributed by atoms with E-state index in [2.05, 4.69) is 0 Å². The zero-order valence-electron chi connectivity index (χ0n) is 9.32. The summed E-state index contributed by atoms with van der Waals surface area (Å²) in [5, 5.41) is 18.5. The molecule has 0 aromatic heterocycles. The summed E-state index contributed by atoms with van der Waals surface area (Å²) < 4.78 is 0. The quantitative estimate of drug-likeness (QED) is 0.560. The maximum absolute atomic E-state index is 10.6. The van der Waals surface area contributed by atoms with Crippen LogP contribution in [-0.2, 0) is 11.2 Å². The number of aryl methyl sites for hydroxylation is 1. The summed E-state index contributed by atoms with van der Waals surface area (Å²) >= 11 is 0. The average Bonchev–Trinajstić information content (AvgIpc) is 2.22. The minimum Gasteiger partial charge on any atom is -0.507 e. The van der Waals surface area contributed by atoms with Crippen LogP contribution in [0.4, 0.5) is 5.69 Å². The Kier molecular flexibility index (Phi) is 3.39. The molecule has 1 aromatic carbocycles. The molecular formula is C11H16N2O3. The van der Waals surface area contributed by atoms with Crippen molar-refractivity contribution in [3.8, 4) is 5.75 Å². The molecular weight excluding hydrogens is 208 g/mol. The lowest BCUT2D eigenvalue weighted by atomic mass is 9.98. The third kappa shape index (κ3) is 2.25. The molecule has 0 saturated carbocycles. The highest BCUT2D eigenvalue weighted by molar-refractivity contribution is 5.74. The zero-order chi connectivity index (χ0) is 12.5. The molecule has 1 atom stereocenters. The second kappa shape index (κ2) is 4.40. The van der Waals surface area contributed by atoms with Crippen molar-refractivity contribution in [1.82, 2.24) is 0 Å². The van der Waals surface area contributed by atoms with Crippen molar-refractivity contribution in [1.29, 1.82) is 0 Å². The van der Waals surface area contributed by atoms with Gasteiger partial charge in [-0.1, -0.05) is 6.07 Å². The summed E-state index contributed by atoms with van der Waals surface area (Å²) in [6.45, 7) is 3.49. The molecule has 0 saturated heterocycles. The van der Waals surface area contributed by atoms with E-state index in [-0.39, 0.29) is 12.2 Å². The molecule has 0 heterocycles. The molecule has 0 fully saturated rings. The molecule has 5 nitrogen and oxygen atoms in total. The Bertz CT molecular complexity index is 430. The molecule has 0 bridgehead atoms. The third-order valence-electron chi connectivity index (χ3n) is 2.64. The molecule has 6 N–H and O–H groups in total. The highest BCUT2D eigenvalue weighted by atomic mass is 16.4. The molecule has 0 aliphatic heterocycles. The van der Waals surface area contributed by atoms with E-state index < -0.39 is 12.0 Å². The van der Waals surface area contributed by atoms with Crippen LogP contribution < -0.4 is 11.5 Å². The lowest BCUT2D eigenvalue weighted by Gasteiger charge is -2.14. The van der Waals surface area contributed by atoms with E-state index in [1.807, 2.05) is 0 Å². The first-order valence-electron chi connectivity index (χ1n) is 4.90. The van der Waals surface area contributed by atoms with Gasteiger partial charge in [-0.2, -0.15) is 0 Å². The Morgan fingerprint density at radius 1 is 1.50 bits per heavy atom. The van der Waals surface area contributed by atoms with Crippen molar-refractivity contribution < 1.29 is 15.0 Å². The summed E-state index contributed by atoms with van der Waals surface area (Å²) in [5.41, 5.74) is 13.6. The predicted molar refractivity (Wildman–Crippen MR) is 61.3 cm³/mol. The van der Waals surface area contributed by atoms with E-state index >= 15 is 0 Å². The van der Waals surface area contributed by atoms with Gasteiger partial charge in [-0.25, -0.2) is 0 Å². The SMILES string of the molecule is Cc1cc(CC(N)C(=O)O)c(O)c(C)c1N. The van der Waals surface area contributed by atoms with Gasteiger partial charge in [0.1, 0.15) is 11.8 Å². The van der Waals surface area contributed by atoms with Crippen LogP contribution in [0.15, 0.2) is 6.07 Å². The first-order valence-corrected chi connectivity index (χ1v) is 4.90. The van der Waals surface area contributed by atoms with Crippen LogP contribution in [0.1, 0.15) is 16.7 Å². The van der Waals surface area contributed by atoms with Gasteiger partial charge in [0, 0.05) is 17.7 Å². The van der Waals surface area contributed by atoms with Crippen LogP contribution >= 0.6 is 0 Å². The van der Waals surface area contributed by atoms with Crippen LogP contribution in [0.25, 0.3) is 0 Å². The van der Waals surface area contributed by atoms with Crippen molar-refractivity contribution in [3.63, 3.8) is 0 Å². The van der Waals surface area contributed by atoms with Crippen molar-refractivity contribution >= 4 is 11.7 Å². The van der Waals surface area contributed by atoms with Crippen molar-refractivity contribution in [2.75, 3.05) is 5.73 Å². The molecule has 5 heteroatoms. The number of carbonyl (C=O) groups is 1. The van der Waals surface area contributed by atoms with E-state index in [9.17, 15) is 9.90 Å². The molecule has 1 unspecified atom stereocenters. The number of aliphatic carboxylic acids is 1. The fourth-order valence-corrected chi connectivity index (χ4v) is 1.55. The predicted octanol–water partition coefficient (Wildman–Crippen LogP) is 0.546. The third-order valence-corrected chi connectivity index (χ3v) is 2.64. The number of phenolic OH excluding ortho intramolecular Hbond substituents is 1. The normalized spacial score (nSPS) is 12.4. The number of anilines is 1. The summed E-state index contributed by atoms with van der Waals surface area (Å²) in [4.78, 5) is 10.6. The minimum atomic E-state index is -1.09. The second-order valence-corrected chi connectivity index (χ2v) is 3.89. The van der Waals surface area contributed by atoms with E-state index in [0.717, 1.165) is 5.56 Å². The Morgan fingerprint density at radius 3 is 2.56 bits per heavy atom. The maximum atomic E-state index is 10.6. The van der Waals surface area contributed by atoms with Gasteiger partial charge >= 0.3 is 5.97 Å². The number of nitrogen functional groups attached to an aromatic ring is 1. The van der Waals surface area contributed by atoms with Crippen molar-refractivity contribution in [2.24, 2.45) is 5.73 Å². The Hall–Kier alpha value is -1.75. The van der Waals surface area contributed by atoms with E-state index in [1.165, 1.54) is 0 Å². The van der Waals surface area contributed by atoms with Crippen LogP contribution in [0, 0.1) is 13.8 Å². The largest absolute Gasteiger partial charge is 0.507 e. The molecule has 16 heavy (non-hydrogen) atoms. The molecule has 1 rings (SSSR count). The number of nitrogens with two attached hydrogens (primary N) is 2. The Labute approximate surface area is 93.7 Å². The number of hydrogen-bond acceptors (Lipinski definition) is 4. The van der Waals surface area contributed by atoms with Crippen molar-refractivity contribution in [2.45, 2.75) is 26.3 Å². The molecule has 0 radical (unpaired) electrons. The molecule has 1 aromatic rings. The van der Waals surface area contributed by atoms with Crippen molar-refractivity contribution in [3.05, 3.63) is 22.8 Å². The van der Waals surface area contributed by atoms with Gasteiger partial charge in [-0.05, 0) is 25.0 Å². The number of phenols is 1. The van der Waals surface area contributed by atoms with Gasteiger partial charge in [0.05, 0.1) is 0 Å². The number of carboxylic acid groups (broad SMARTS) is 1. The van der Waals surface area contributed by atoms with Crippen LogP contribution in [0.5, 0.6) is 5.75 Å². The lowest BCUT2D eigenvalue weighted by Crippen LogP contribution is -2.32. The fourth-order valence-electron chi connectivity index (χ4n) is 1.55. The lowest BCUT2D eigenvalue weighted by molar-refractivity contribution is -0.138. The Morgan fingerprint density at radius 2 is 2.06 bits per heavy atom. The number of benzene rings is 1. The summed E-state index contributed by atoms with van der Waals surface area (Å²) in [6, 6.07) is 0.647. The topological polar surface area (TPSA) is 110 Å². The van der Waals surface area contributed by atoms with Gasteiger partial charge < -0.3 is 21.7 Å². The zero-order valence-corrected chi connectivity index (χ0v) is 9.32. The van der Waals surface area contributed by atoms with Gasteiger partial charge in [0.15, 0.2) is 0 Å². The second-order valence-electron chi connectivity index (χ2n) is 3.89. The van der Waals surface area contributed by atoms with Crippen LogP contribution in [-0.4, -0.2) is 22.2 Å². The van der Waals surface area contributed by atoms with Gasteiger partial charge in [0.25, 0.3) is 0 Å². The highest BCUT2D eigenvalue weighted by Gasteiger charge is 2.17. The molecule has 0 amide bonds. The first-order chi connectivity index (χ1) is 7.34. The highest BCUT2D eigenvalue weighted by Crippen LogP contribution is 2.30. The number of rotatable bonds is 3. The standard InChI is InChI=1S/C11H16N2O3/c1-5-3-7(4-8(12)11(15)16)10(14)6(2)9(5)13/h3,8,14H,4,12-13H2,1-2H3,(H,15,16). The van der Waals surface area contributed by atoms with Crippen LogP contribution in [0.2, 0.25) is 0 Å². The summed E-state index contributed by atoms with van der Waals surface area (Å²) in [6.07, 6.45) is 0.0864. The molecule has 0 spiro atoms. The number of hydrogen-bond donors (Lipinski definition) is 4.